The Hall–Kier alpha value is -0.830. The third-order valence-electron chi connectivity index (χ3n) is 2.17. The highest BCUT2D eigenvalue weighted by molar-refractivity contribution is 9.10. The molecule has 0 aliphatic rings. The molecule has 0 aliphatic heterocycles. The van der Waals surface area contributed by atoms with Gasteiger partial charge in [0.2, 0.25) is 0 Å². The number of hydrogen-bond donors (Lipinski definition) is 0. The fraction of sp³-hybridized carbons (Fsp3) is 0.364. The number of carbonyl (C=O) groups is 1. The van der Waals surface area contributed by atoms with Gasteiger partial charge >= 0.3 is 0 Å². The van der Waals surface area contributed by atoms with Crippen molar-refractivity contribution in [2.45, 2.75) is 19.3 Å². The summed E-state index contributed by atoms with van der Waals surface area (Å²) in [7, 11) is 1.61. The molecule has 0 aromatic heterocycles. The molecule has 0 aliphatic carbocycles. The van der Waals surface area contributed by atoms with Crippen LogP contribution in [0, 0.1) is 0 Å². The van der Waals surface area contributed by atoms with Gasteiger partial charge in [0.25, 0.3) is 0 Å². The maximum absolute atomic E-state index is 10.9. The van der Waals surface area contributed by atoms with Crippen molar-refractivity contribution in [1.29, 1.82) is 0 Å². The molecule has 1 rings (SSSR count). The second-order valence-electron chi connectivity index (χ2n) is 3.66. The number of ether oxygens (including phenoxy) is 1. The topological polar surface area (TPSA) is 26.3 Å². The summed E-state index contributed by atoms with van der Waals surface area (Å²) in [5.74, 6) is 0.748. The summed E-state index contributed by atoms with van der Waals surface area (Å²) in [5, 5.41) is 0. The number of hydrogen-bond acceptors (Lipinski definition) is 2. The van der Waals surface area contributed by atoms with Crippen LogP contribution in [0.3, 0.4) is 0 Å². The maximum atomic E-state index is 10.9. The highest BCUT2D eigenvalue weighted by Crippen LogP contribution is 2.34. The molecule has 0 radical (unpaired) electrons. The van der Waals surface area contributed by atoms with Gasteiger partial charge in [0.1, 0.15) is 12.0 Å². The van der Waals surface area contributed by atoms with Gasteiger partial charge in [0.05, 0.1) is 11.6 Å². The molecule has 14 heavy (non-hydrogen) atoms. The third-order valence-corrected chi connectivity index (χ3v) is 2.99. The number of halogens is 1. The molecule has 0 spiro atoms. The first-order chi connectivity index (χ1) is 6.53. The lowest BCUT2D eigenvalue weighted by Crippen LogP contribution is -2.19. The van der Waals surface area contributed by atoms with Gasteiger partial charge in [-0.3, -0.25) is 0 Å². The van der Waals surface area contributed by atoms with Crippen molar-refractivity contribution in [3.63, 3.8) is 0 Å². The maximum Gasteiger partial charge on any atom is 0.133 e. The summed E-state index contributed by atoms with van der Waals surface area (Å²) in [6, 6.07) is 5.65. The lowest BCUT2D eigenvalue weighted by Gasteiger charge is -2.20. The highest BCUT2D eigenvalue weighted by atomic mass is 79.9. The smallest absolute Gasteiger partial charge is 0.133 e. The largest absolute Gasteiger partial charge is 0.496 e. The minimum Gasteiger partial charge on any atom is -0.496 e. The first kappa shape index (κ1) is 11.2. The SMILES string of the molecule is COc1cccc(C(C)(C)C=O)c1Br. The molecule has 0 heterocycles. The van der Waals surface area contributed by atoms with E-state index in [-0.39, 0.29) is 0 Å². The van der Waals surface area contributed by atoms with Crippen molar-refractivity contribution in [1.82, 2.24) is 0 Å². The van der Waals surface area contributed by atoms with Gasteiger partial charge in [-0.1, -0.05) is 12.1 Å². The molecule has 1 aromatic rings. The highest BCUT2D eigenvalue weighted by Gasteiger charge is 2.23. The minimum absolute atomic E-state index is 0.493. The molecule has 0 bridgehead atoms. The number of methoxy groups -OCH3 is 1. The molecule has 0 atom stereocenters. The van der Waals surface area contributed by atoms with Crippen LogP contribution in [0.1, 0.15) is 19.4 Å². The van der Waals surface area contributed by atoms with Gasteiger partial charge in [0.15, 0.2) is 0 Å². The van der Waals surface area contributed by atoms with E-state index in [1.165, 1.54) is 0 Å². The lowest BCUT2D eigenvalue weighted by molar-refractivity contribution is -0.111. The van der Waals surface area contributed by atoms with Crippen molar-refractivity contribution >= 4 is 22.2 Å². The Morgan fingerprint density at radius 1 is 1.43 bits per heavy atom. The molecule has 0 unspecified atom stereocenters. The first-order valence-electron chi connectivity index (χ1n) is 4.32. The van der Waals surface area contributed by atoms with Crippen LogP contribution in [0.4, 0.5) is 0 Å². The number of carbonyl (C=O) groups excluding carboxylic acids is 1. The predicted molar refractivity (Wildman–Crippen MR) is 59.8 cm³/mol. The molecule has 0 fully saturated rings. The van der Waals surface area contributed by atoms with Crippen molar-refractivity contribution in [3.8, 4) is 5.75 Å². The van der Waals surface area contributed by atoms with Crippen molar-refractivity contribution in [3.05, 3.63) is 28.2 Å². The Labute approximate surface area is 92.4 Å². The lowest BCUT2D eigenvalue weighted by atomic mass is 9.86. The molecular weight excluding hydrogens is 244 g/mol. The van der Waals surface area contributed by atoms with Gasteiger partial charge in [0, 0.05) is 5.41 Å². The molecule has 3 heteroatoms. The van der Waals surface area contributed by atoms with Gasteiger partial charge in [-0.15, -0.1) is 0 Å². The fourth-order valence-corrected chi connectivity index (χ4v) is 2.17. The Bertz CT molecular complexity index is 345. The molecule has 0 N–H and O–H groups in total. The van der Waals surface area contributed by atoms with Crippen LogP contribution in [0.5, 0.6) is 5.75 Å². The zero-order chi connectivity index (χ0) is 10.8. The second-order valence-corrected chi connectivity index (χ2v) is 4.45. The van der Waals surface area contributed by atoms with Crippen LogP contribution >= 0.6 is 15.9 Å². The standard InChI is InChI=1S/C11H13BrO2/c1-11(2,7-13)8-5-4-6-9(14-3)10(8)12/h4-7H,1-3H3. The molecule has 2 nitrogen and oxygen atoms in total. The van der Waals surface area contributed by atoms with Crippen molar-refractivity contribution in [2.24, 2.45) is 0 Å². The van der Waals surface area contributed by atoms with E-state index in [1.807, 2.05) is 32.0 Å². The predicted octanol–water partition coefficient (Wildman–Crippen LogP) is 2.93. The quantitative estimate of drug-likeness (QED) is 0.778. The Kier molecular flexibility index (Phi) is 3.32. The van der Waals surface area contributed by atoms with Gasteiger partial charge in [-0.05, 0) is 41.4 Å². The van der Waals surface area contributed by atoms with E-state index in [1.54, 1.807) is 7.11 Å². The summed E-state index contributed by atoms with van der Waals surface area (Å²) in [6.07, 6.45) is 0.937. The number of aldehydes is 1. The first-order valence-corrected chi connectivity index (χ1v) is 5.11. The van der Waals surface area contributed by atoms with Crippen LogP contribution in [-0.4, -0.2) is 13.4 Å². The summed E-state index contributed by atoms with van der Waals surface area (Å²) in [6.45, 7) is 3.75. The summed E-state index contributed by atoms with van der Waals surface area (Å²) < 4.78 is 6.01. The van der Waals surface area contributed by atoms with E-state index in [4.69, 9.17) is 4.74 Å². The van der Waals surface area contributed by atoms with Crippen LogP contribution in [0.15, 0.2) is 22.7 Å². The minimum atomic E-state index is -0.493. The van der Waals surface area contributed by atoms with E-state index >= 15 is 0 Å². The Morgan fingerprint density at radius 2 is 2.07 bits per heavy atom. The molecule has 76 valence electrons. The number of rotatable bonds is 3. The Balaban J connectivity index is 3.29. The average Bonchev–Trinajstić information content (AvgIpc) is 2.18. The summed E-state index contributed by atoms with van der Waals surface area (Å²) in [5.41, 5.74) is 0.444. The van der Waals surface area contributed by atoms with Crippen LogP contribution in [-0.2, 0) is 10.2 Å². The summed E-state index contributed by atoms with van der Waals surface area (Å²) in [4.78, 5) is 10.9. The van der Waals surface area contributed by atoms with E-state index < -0.39 is 5.41 Å². The molecule has 0 saturated carbocycles. The molecule has 0 saturated heterocycles. The Morgan fingerprint density at radius 3 is 2.57 bits per heavy atom. The fourth-order valence-electron chi connectivity index (χ4n) is 1.23. The number of benzene rings is 1. The molecular formula is C11H13BrO2. The van der Waals surface area contributed by atoms with Crippen LogP contribution < -0.4 is 4.74 Å². The van der Waals surface area contributed by atoms with E-state index in [0.29, 0.717) is 0 Å². The zero-order valence-electron chi connectivity index (χ0n) is 8.50. The van der Waals surface area contributed by atoms with Gasteiger partial charge < -0.3 is 9.53 Å². The van der Waals surface area contributed by atoms with Crippen molar-refractivity contribution in [2.75, 3.05) is 7.11 Å². The van der Waals surface area contributed by atoms with Crippen molar-refractivity contribution < 1.29 is 9.53 Å². The monoisotopic (exact) mass is 256 g/mol. The van der Waals surface area contributed by atoms with Gasteiger partial charge in [-0.2, -0.15) is 0 Å². The van der Waals surface area contributed by atoms with Gasteiger partial charge in [-0.25, -0.2) is 0 Å². The van der Waals surface area contributed by atoms with E-state index in [2.05, 4.69) is 15.9 Å². The summed E-state index contributed by atoms with van der Waals surface area (Å²) >= 11 is 3.43. The van der Waals surface area contributed by atoms with E-state index in [9.17, 15) is 4.79 Å². The van der Waals surface area contributed by atoms with E-state index in [0.717, 1.165) is 22.1 Å². The van der Waals surface area contributed by atoms with Crippen LogP contribution in [0.2, 0.25) is 0 Å². The normalized spacial score (nSPS) is 11.1. The average molecular weight is 257 g/mol. The van der Waals surface area contributed by atoms with Crippen LogP contribution in [0.25, 0.3) is 0 Å². The second kappa shape index (κ2) is 4.13. The molecule has 0 amide bonds. The third kappa shape index (κ3) is 1.98. The zero-order valence-corrected chi connectivity index (χ0v) is 10.1. The molecule has 1 aromatic carbocycles.